The molecule has 0 saturated carbocycles. The number of nitrogens with zero attached hydrogens (tertiary/aromatic N) is 1. The molecule has 2 rings (SSSR count). The molecular formula is C15H16N2O3. The fourth-order valence-electron chi connectivity index (χ4n) is 1.82. The minimum absolute atomic E-state index is 0.603. The molecule has 5 nitrogen and oxygen atoms in total. The second-order valence-corrected chi connectivity index (χ2v) is 4.38. The van der Waals surface area contributed by atoms with E-state index in [1.54, 1.807) is 49.7 Å². The summed E-state index contributed by atoms with van der Waals surface area (Å²) in [6.45, 7) is 1.86. The van der Waals surface area contributed by atoms with Crippen molar-refractivity contribution >= 4 is 11.7 Å². The minimum atomic E-state index is -0.960. The number of hydrogen-bond donors (Lipinski definition) is 2. The molecule has 2 N–H and O–H groups in total. The van der Waals surface area contributed by atoms with E-state index < -0.39 is 12.0 Å². The molecule has 1 atom stereocenters. The molecule has 0 amide bonds. The highest BCUT2D eigenvalue weighted by atomic mass is 16.5. The van der Waals surface area contributed by atoms with Crippen molar-refractivity contribution in [2.75, 3.05) is 12.4 Å². The van der Waals surface area contributed by atoms with Gasteiger partial charge in [0.25, 0.3) is 0 Å². The molecule has 0 fully saturated rings. The maximum Gasteiger partial charge on any atom is 0.330 e. The van der Waals surface area contributed by atoms with E-state index in [0.717, 1.165) is 5.69 Å². The van der Waals surface area contributed by atoms with Crippen molar-refractivity contribution in [3.63, 3.8) is 0 Å². The topological polar surface area (TPSA) is 71.5 Å². The van der Waals surface area contributed by atoms with E-state index in [4.69, 9.17) is 4.74 Å². The molecule has 0 bridgehead atoms. The zero-order valence-corrected chi connectivity index (χ0v) is 11.3. The maximum atomic E-state index is 11.4. The lowest BCUT2D eigenvalue weighted by Gasteiger charge is -2.16. The smallest absolute Gasteiger partial charge is 0.330 e. The number of carboxylic acid groups (broad SMARTS) is 1. The number of anilines is 1. The van der Waals surface area contributed by atoms with Crippen LogP contribution in [0.1, 0.15) is 17.3 Å². The van der Waals surface area contributed by atoms with Gasteiger partial charge in [0.1, 0.15) is 5.75 Å². The summed E-state index contributed by atoms with van der Waals surface area (Å²) < 4.78 is 5.12. The molecule has 0 spiro atoms. The summed E-state index contributed by atoms with van der Waals surface area (Å²) in [4.78, 5) is 15.6. The molecule has 0 aliphatic heterocycles. The third-order valence-corrected chi connectivity index (χ3v) is 2.90. The third-order valence-electron chi connectivity index (χ3n) is 2.90. The summed E-state index contributed by atoms with van der Waals surface area (Å²) in [5, 5.41) is 12.3. The van der Waals surface area contributed by atoms with E-state index in [9.17, 15) is 9.90 Å². The van der Waals surface area contributed by atoms with E-state index in [1.807, 2.05) is 6.92 Å². The fourth-order valence-corrected chi connectivity index (χ4v) is 1.82. The van der Waals surface area contributed by atoms with Gasteiger partial charge in [-0.3, -0.25) is 4.98 Å². The molecule has 0 aliphatic rings. The van der Waals surface area contributed by atoms with Gasteiger partial charge in [0, 0.05) is 29.2 Å². The standard InChI is InChI=1S/C15H16N2O3/c1-10-6-7-11(9-16-10)14(15(18)19)17-12-4-3-5-13(8-12)20-2/h3-9,14,17H,1-2H3,(H,18,19). The number of methoxy groups -OCH3 is 1. The van der Waals surface area contributed by atoms with Crippen molar-refractivity contribution in [1.29, 1.82) is 0 Å². The van der Waals surface area contributed by atoms with Crippen LogP contribution in [-0.4, -0.2) is 23.2 Å². The number of rotatable bonds is 5. The predicted molar refractivity (Wildman–Crippen MR) is 76.0 cm³/mol. The SMILES string of the molecule is COc1cccc(NC(C(=O)O)c2ccc(C)nc2)c1. The highest BCUT2D eigenvalue weighted by Crippen LogP contribution is 2.23. The largest absolute Gasteiger partial charge is 0.497 e. The average molecular weight is 272 g/mol. The van der Waals surface area contributed by atoms with Crippen LogP contribution in [0.3, 0.4) is 0 Å². The quantitative estimate of drug-likeness (QED) is 0.875. The van der Waals surface area contributed by atoms with Crippen molar-refractivity contribution in [1.82, 2.24) is 4.98 Å². The summed E-state index contributed by atoms with van der Waals surface area (Å²) in [7, 11) is 1.57. The molecule has 1 aromatic carbocycles. The molecule has 0 aliphatic carbocycles. The highest BCUT2D eigenvalue weighted by molar-refractivity contribution is 5.79. The second kappa shape index (κ2) is 6.06. The van der Waals surface area contributed by atoms with Gasteiger partial charge in [0.05, 0.1) is 7.11 Å². The van der Waals surface area contributed by atoms with E-state index in [-0.39, 0.29) is 0 Å². The molecule has 1 heterocycles. The Morgan fingerprint density at radius 1 is 1.35 bits per heavy atom. The molecule has 5 heteroatoms. The Kier molecular flexibility index (Phi) is 4.20. The number of hydrogen-bond acceptors (Lipinski definition) is 4. The number of aryl methyl sites for hydroxylation is 1. The highest BCUT2D eigenvalue weighted by Gasteiger charge is 2.20. The van der Waals surface area contributed by atoms with Crippen molar-refractivity contribution in [3.05, 3.63) is 53.9 Å². The van der Waals surface area contributed by atoms with E-state index in [2.05, 4.69) is 10.3 Å². The number of benzene rings is 1. The van der Waals surface area contributed by atoms with Crippen LogP contribution in [0.5, 0.6) is 5.75 Å². The summed E-state index contributed by atoms with van der Waals surface area (Å²) in [5.74, 6) is -0.292. The first-order valence-electron chi connectivity index (χ1n) is 6.16. The number of nitrogens with one attached hydrogen (secondary N) is 1. The number of carbonyl (C=O) groups is 1. The molecule has 20 heavy (non-hydrogen) atoms. The molecule has 0 radical (unpaired) electrons. The molecule has 0 saturated heterocycles. The summed E-state index contributed by atoms with van der Waals surface area (Å²) in [5.41, 5.74) is 2.13. The van der Waals surface area contributed by atoms with Crippen LogP contribution in [0.2, 0.25) is 0 Å². The van der Waals surface area contributed by atoms with Gasteiger partial charge in [-0.1, -0.05) is 12.1 Å². The summed E-state index contributed by atoms with van der Waals surface area (Å²) in [6, 6.07) is 9.84. The Labute approximate surface area is 117 Å². The molecule has 104 valence electrons. The predicted octanol–water partition coefficient (Wildman–Crippen LogP) is 2.64. The Bertz CT molecular complexity index is 596. The Balaban J connectivity index is 2.25. The molecule has 1 aromatic heterocycles. The van der Waals surface area contributed by atoms with Crippen LogP contribution in [0.15, 0.2) is 42.6 Å². The first-order valence-corrected chi connectivity index (χ1v) is 6.16. The van der Waals surface area contributed by atoms with Crippen LogP contribution >= 0.6 is 0 Å². The number of aliphatic carboxylic acids is 1. The van der Waals surface area contributed by atoms with Gasteiger partial charge in [-0.2, -0.15) is 0 Å². The molecular weight excluding hydrogens is 256 g/mol. The zero-order valence-electron chi connectivity index (χ0n) is 11.3. The number of carboxylic acids is 1. The normalized spacial score (nSPS) is 11.7. The summed E-state index contributed by atoms with van der Waals surface area (Å²) in [6.07, 6.45) is 1.57. The van der Waals surface area contributed by atoms with Gasteiger partial charge >= 0.3 is 5.97 Å². The van der Waals surface area contributed by atoms with Crippen molar-refractivity contribution in [2.24, 2.45) is 0 Å². The maximum absolute atomic E-state index is 11.4. The first-order chi connectivity index (χ1) is 9.60. The van der Waals surface area contributed by atoms with Crippen molar-refractivity contribution in [3.8, 4) is 5.75 Å². The van der Waals surface area contributed by atoms with E-state index >= 15 is 0 Å². The van der Waals surface area contributed by atoms with Gasteiger partial charge in [0.15, 0.2) is 6.04 Å². The zero-order chi connectivity index (χ0) is 14.5. The fraction of sp³-hybridized carbons (Fsp3) is 0.200. The monoisotopic (exact) mass is 272 g/mol. The average Bonchev–Trinajstić information content (AvgIpc) is 2.46. The second-order valence-electron chi connectivity index (χ2n) is 4.38. The van der Waals surface area contributed by atoms with Gasteiger partial charge in [-0.15, -0.1) is 0 Å². The van der Waals surface area contributed by atoms with Crippen molar-refractivity contribution < 1.29 is 14.6 Å². The third kappa shape index (κ3) is 3.26. The van der Waals surface area contributed by atoms with Gasteiger partial charge in [-0.25, -0.2) is 4.79 Å². The van der Waals surface area contributed by atoms with Gasteiger partial charge < -0.3 is 15.2 Å². The van der Waals surface area contributed by atoms with E-state index in [0.29, 0.717) is 17.0 Å². The lowest BCUT2D eigenvalue weighted by molar-refractivity contribution is -0.138. The Morgan fingerprint density at radius 3 is 2.75 bits per heavy atom. The minimum Gasteiger partial charge on any atom is -0.497 e. The Hall–Kier alpha value is -2.56. The van der Waals surface area contributed by atoms with Gasteiger partial charge in [0.2, 0.25) is 0 Å². The Morgan fingerprint density at radius 2 is 2.15 bits per heavy atom. The van der Waals surface area contributed by atoms with Crippen LogP contribution in [0.25, 0.3) is 0 Å². The number of aromatic nitrogens is 1. The molecule has 2 aromatic rings. The van der Waals surface area contributed by atoms with Crippen LogP contribution in [0.4, 0.5) is 5.69 Å². The summed E-state index contributed by atoms with van der Waals surface area (Å²) >= 11 is 0. The number of pyridine rings is 1. The van der Waals surface area contributed by atoms with Gasteiger partial charge in [-0.05, 0) is 25.1 Å². The number of ether oxygens (including phenoxy) is 1. The van der Waals surface area contributed by atoms with Crippen LogP contribution in [-0.2, 0) is 4.79 Å². The lowest BCUT2D eigenvalue weighted by Crippen LogP contribution is -2.20. The lowest BCUT2D eigenvalue weighted by atomic mass is 10.1. The van der Waals surface area contributed by atoms with Crippen LogP contribution < -0.4 is 10.1 Å². The molecule has 1 unspecified atom stereocenters. The van der Waals surface area contributed by atoms with Crippen molar-refractivity contribution in [2.45, 2.75) is 13.0 Å². The van der Waals surface area contributed by atoms with E-state index in [1.165, 1.54) is 0 Å². The van der Waals surface area contributed by atoms with Crippen LogP contribution in [0, 0.1) is 6.92 Å². The first kappa shape index (κ1) is 13.9.